The molecule has 0 spiro atoms. The Morgan fingerprint density at radius 1 is 1.33 bits per heavy atom. The maximum atomic E-state index is 11.4. The van der Waals surface area contributed by atoms with Gasteiger partial charge in [0.15, 0.2) is 5.16 Å². The number of aromatic nitrogens is 3. The molecule has 3 rings (SSSR count). The zero-order chi connectivity index (χ0) is 21.7. The Morgan fingerprint density at radius 2 is 2.07 bits per heavy atom. The summed E-state index contributed by atoms with van der Waals surface area (Å²) in [6.07, 6.45) is 5.31. The van der Waals surface area contributed by atoms with Crippen molar-refractivity contribution >= 4 is 39.3 Å². The number of rotatable bonds is 8. The largest absolute Gasteiger partial charge is 0.481 e. The molecule has 2 aromatic carbocycles. The van der Waals surface area contributed by atoms with E-state index in [1.807, 2.05) is 23.6 Å². The van der Waals surface area contributed by atoms with E-state index in [-0.39, 0.29) is 18.1 Å². The zero-order valence-corrected chi connectivity index (χ0v) is 18.9. The fraction of sp³-hybridized carbons (Fsp3) is 0.200. The van der Waals surface area contributed by atoms with Crippen molar-refractivity contribution in [2.24, 2.45) is 0 Å². The van der Waals surface area contributed by atoms with Crippen LogP contribution < -0.4 is 4.74 Å². The second kappa shape index (κ2) is 9.98. The van der Waals surface area contributed by atoms with Crippen molar-refractivity contribution in [1.82, 2.24) is 14.8 Å². The summed E-state index contributed by atoms with van der Waals surface area (Å²) in [5.41, 5.74) is 1.45. The molecule has 1 heterocycles. The van der Waals surface area contributed by atoms with Crippen molar-refractivity contribution in [2.75, 3.05) is 13.2 Å². The van der Waals surface area contributed by atoms with Crippen molar-refractivity contribution in [2.45, 2.75) is 17.3 Å². The molecule has 0 fully saturated rings. The number of halogens is 2. The van der Waals surface area contributed by atoms with E-state index in [9.17, 15) is 10.1 Å². The first kappa shape index (κ1) is 22.2. The lowest BCUT2D eigenvalue weighted by molar-refractivity contribution is -0.479. The summed E-state index contributed by atoms with van der Waals surface area (Å²) in [6.45, 7) is 1.54. The molecule has 0 unspecified atom stereocenters. The number of terminal acetylenes is 1. The fourth-order valence-electron chi connectivity index (χ4n) is 2.79. The molecule has 30 heavy (non-hydrogen) atoms. The number of nitrogens with zero attached hydrogens (tertiary/aromatic N) is 4. The van der Waals surface area contributed by atoms with Gasteiger partial charge in [-0.05, 0) is 49.4 Å². The van der Waals surface area contributed by atoms with Gasteiger partial charge >= 0.3 is 0 Å². The van der Waals surface area contributed by atoms with Crippen LogP contribution >= 0.6 is 39.3 Å². The first-order valence-electron chi connectivity index (χ1n) is 8.71. The topological polar surface area (TPSA) is 83.1 Å². The predicted octanol–water partition coefficient (Wildman–Crippen LogP) is 5.11. The van der Waals surface area contributed by atoms with Crippen LogP contribution in [0.15, 0.2) is 52.1 Å². The number of hydrogen-bond acceptors (Lipinski definition) is 6. The zero-order valence-electron chi connectivity index (χ0n) is 15.8. The average Bonchev–Trinajstić information content (AvgIpc) is 3.07. The highest BCUT2D eigenvalue weighted by Crippen LogP contribution is 2.41. The Labute approximate surface area is 191 Å². The average molecular weight is 508 g/mol. The minimum atomic E-state index is -0.583. The van der Waals surface area contributed by atoms with Crippen LogP contribution in [0, 0.1) is 29.4 Å². The molecule has 1 aromatic heterocycles. The van der Waals surface area contributed by atoms with Crippen molar-refractivity contribution < 1.29 is 9.66 Å². The minimum Gasteiger partial charge on any atom is -0.481 e. The molecular formula is C20H16BrClN4O3S. The van der Waals surface area contributed by atoms with Gasteiger partial charge in [0.05, 0.1) is 0 Å². The summed E-state index contributed by atoms with van der Waals surface area (Å²) < 4.78 is 8.22. The van der Waals surface area contributed by atoms with Gasteiger partial charge in [-0.3, -0.25) is 14.7 Å². The molecule has 1 atom stereocenters. The maximum absolute atomic E-state index is 11.4. The normalized spacial score (nSPS) is 11.7. The summed E-state index contributed by atoms with van der Waals surface area (Å²) in [7, 11) is 0. The van der Waals surface area contributed by atoms with Crippen LogP contribution in [0.5, 0.6) is 5.75 Å². The monoisotopic (exact) mass is 506 g/mol. The van der Waals surface area contributed by atoms with Crippen LogP contribution in [0.25, 0.3) is 5.69 Å². The quantitative estimate of drug-likeness (QED) is 0.182. The van der Waals surface area contributed by atoms with E-state index < -0.39 is 5.25 Å². The number of benzene rings is 2. The highest BCUT2D eigenvalue weighted by molar-refractivity contribution is 9.10. The highest BCUT2D eigenvalue weighted by atomic mass is 79.9. The summed E-state index contributed by atoms with van der Waals surface area (Å²) in [4.78, 5) is 11.1. The van der Waals surface area contributed by atoms with Crippen LogP contribution in [0.1, 0.15) is 16.6 Å². The van der Waals surface area contributed by atoms with E-state index >= 15 is 0 Å². The molecule has 0 saturated carbocycles. The minimum absolute atomic E-state index is 0.0601. The molecule has 0 bridgehead atoms. The summed E-state index contributed by atoms with van der Waals surface area (Å²) >= 11 is 10.7. The van der Waals surface area contributed by atoms with Crippen LogP contribution in [0.3, 0.4) is 0 Å². The molecule has 3 aromatic rings. The Hall–Kier alpha value is -2.54. The van der Waals surface area contributed by atoms with Gasteiger partial charge < -0.3 is 4.74 Å². The van der Waals surface area contributed by atoms with Gasteiger partial charge in [-0.1, -0.05) is 45.2 Å². The van der Waals surface area contributed by atoms with Gasteiger partial charge in [0.1, 0.15) is 23.4 Å². The van der Waals surface area contributed by atoms with Gasteiger partial charge in [0, 0.05) is 25.7 Å². The summed E-state index contributed by atoms with van der Waals surface area (Å²) in [5.74, 6) is 3.56. The lowest BCUT2D eigenvalue weighted by Crippen LogP contribution is -2.12. The lowest BCUT2D eigenvalue weighted by Gasteiger charge is -2.17. The van der Waals surface area contributed by atoms with Crippen LogP contribution in [0.2, 0.25) is 5.02 Å². The number of aryl methyl sites for hydroxylation is 1. The third-order valence-electron chi connectivity index (χ3n) is 4.07. The second-order valence-corrected chi connectivity index (χ2v) is 8.66. The third-order valence-corrected chi connectivity index (χ3v) is 5.98. The third kappa shape index (κ3) is 5.33. The van der Waals surface area contributed by atoms with E-state index in [0.29, 0.717) is 27.3 Å². The van der Waals surface area contributed by atoms with E-state index in [1.165, 1.54) is 11.8 Å². The lowest BCUT2D eigenvalue weighted by atomic mass is 10.1. The van der Waals surface area contributed by atoms with Crippen molar-refractivity contribution in [3.05, 3.63) is 73.5 Å². The number of ether oxygens (including phenoxy) is 1. The van der Waals surface area contributed by atoms with Crippen LogP contribution in [-0.2, 0) is 0 Å². The molecule has 0 N–H and O–H groups in total. The molecule has 0 aliphatic rings. The van der Waals surface area contributed by atoms with Gasteiger partial charge in [0.2, 0.25) is 6.54 Å². The Balaban J connectivity index is 2.02. The Morgan fingerprint density at radius 3 is 2.73 bits per heavy atom. The van der Waals surface area contributed by atoms with Gasteiger partial charge in [-0.15, -0.1) is 16.6 Å². The first-order valence-corrected chi connectivity index (χ1v) is 10.8. The molecule has 154 valence electrons. The van der Waals surface area contributed by atoms with Crippen LogP contribution in [0.4, 0.5) is 0 Å². The van der Waals surface area contributed by atoms with Crippen molar-refractivity contribution in [3.63, 3.8) is 0 Å². The molecular weight excluding hydrogens is 492 g/mol. The Bertz CT molecular complexity index is 1100. The maximum Gasteiger partial charge on any atom is 0.220 e. The van der Waals surface area contributed by atoms with E-state index in [1.54, 1.807) is 30.3 Å². The number of hydrogen-bond donors (Lipinski definition) is 0. The van der Waals surface area contributed by atoms with Gasteiger partial charge in [0.25, 0.3) is 0 Å². The van der Waals surface area contributed by atoms with E-state index in [2.05, 4.69) is 32.0 Å². The fourth-order valence-corrected chi connectivity index (χ4v) is 4.49. The standard InChI is InChI=1S/C20H16BrClN4O3S/c1-3-10-29-18-9-4-14(21)11-17(18)19(12-25(27)28)30-20-24-23-13(2)26(20)16-7-5-15(22)6-8-16/h1,4-9,11,19H,10,12H2,2H3/t19-/m1/s1. The predicted molar refractivity (Wildman–Crippen MR) is 120 cm³/mol. The smallest absolute Gasteiger partial charge is 0.220 e. The molecule has 0 aliphatic carbocycles. The molecule has 7 nitrogen and oxygen atoms in total. The van der Waals surface area contributed by atoms with Crippen molar-refractivity contribution in [1.29, 1.82) is 0 Å². The molecule has 0 radical (unpaired) electrons. The summed E-state index contributed by atoms with van der Waals surface area (Å²) in [5, 5.41) is 20.4. The van der Waals surface area contributed by atoms with E-state index in [4.69, 9.17) is 22.8 Å². The molecule has 0 saturated heterocycles. The summed E-state index contributed by atoms with van der Waals surface area (Å²) in [6, 6.07) is 12.5. The highest BCUT2D eigenvalue weighted by Gasteiger charge is 2.27. The molecule has 10 heteroatoms. The molecule has 0 aliphatic heterocycles. The van der Waals surface area contributed by atoms with Crippen LogP contribution in [-0.4, -0.2) is 32.8 Å². The number of thioether (sulfide) groups is 1. The van der Waals surface area contributed by atoms with E-state index in [0.717, 1.165) is 10.2 Å². The SMILES string of the molecule is C#CCOc1ccc(Br)cc1[C@@H](C[N+](=O)[O-])Sc1nnc(C)n1-c1ccc(Cl)cc1. The van der Waals surface area contributed by atoms with Gasteiger partial charge in [-0.2, -0.15) is 0 Å². The van der Waals surface area contributed by atoms with Gasteiger partial charge in [-0.25, -0.2) is 0 Å². The van der Waals surface area contributed by atoms with Crippen molar-refractivity contribution in [3.8, 4) is 23.8 Å². The number of nitro groups is 1. The molecule has 0 amide bonds. The Kier molecular flexibility index (Phi) is 7.37. The second-order valence-electron chi connectivity index (χ2n) is 6.14. The first-order chi connectivity index (χ1) is 14.4.